The van der Waals surface area contributed by atoms with Gasteiger partial charge in [0.1, 0.15) is 5.75 Å². The van der Waals surface area contributed by atoms with E-state index in [1.54, 1.807) is 18.4 Å². The Bertz CT molecular complexity index is 762. The summed E-state index contributed by atoms with van der Waals surface area (Å²) in [4.78, 5) is 1.19. The quantitative estimate of drug-likeness (QED) is 0.768. The lowest BCUT2D eigenvalue weighted by atomic mass is 10.3. The third-order valence-electron chi connectivity index (χ3n) is 3.64. The second kappa shape index (κ2) is 6.23. The lowest BCUT2D eigenvalue weighted by Gasteiger charge is -2.08. The van der Waals surface area contributed by atoms with Gasteiger partial charge in [0.05, 0.1) is 41.3 Å². The van der Waals surface area contributed by atoms with Crippen LogP contribution in [0, 0.1) is 13.8 Å². The van der Waals surface area contributed by atoms with Gasteiger partial charge in [-0.2, -0.15) is 5.10 Å². The number of methoxy groups -OCH3 is 1. The van der Waals surface area contributed by atoms with Crippen LogP contribution in [0.1, 0.15) is 16.3 Å². The highest BCUT2D eigenvalue weighted by molar-refractivity contribution is 7.10. The van der Waals surface area contributed by atoms with E-state index < -0.39 is 0 Å². The van der Waals surface area contributed by atoms with Gasteiger partial charge in [0, 0.05) is 0 Å². The van der Waals surface area contributed by atoms with E-state index in [4.69, 9.17) is 4.74 Å². The van der Waals surface area contributed by atoms with E-state index in [2.05, 4.69) is 29.5 Å². The first-order valence-electron chi connectivity index (χ1n) is 7.16. The van der Waals surface area contributed by atoms with Gasteiger partial charge in [0.2, 0.25) is 0 Å². The van der Waals surface area contributed by atoms with Crippen molar-refractivity contribution in [2.45, 2.75) is 20.4 Å². The Morgan fingerprint density at radius 2 is 1.95 bits per heavy atom. The van der Waals surface area contributed by atoms with Crippen LogP contribution in [-0.4, -0.2) is 16.9 Å². The number of ether oxygens (including phenoxy) is 1. The van der Waals surface area contributed by atoms with E-state index in [0.29, 0.717) is 0 Å². The lowest BCUT2D eigenvalue weighted by Crippen LogP contribution is -2.02. The maximum absolute atomic E-state index is 5.36. The normalized spacial score (nSPS) is 10.7. The largest absolute Gasteiger partial charge is 0.496 e. The minimum Gasteiger partial charge on any atom is -0.496 e. The third kappa shape index (κ3) is 2.72. The number of aromatic nitrogens is 2. The molecule has 3 rings (SSSR count). The molecule has 0 aliphatic rings. The highest BCUT2D eigenvalue weighted by Crippen LogP contribution is 2.28. The standard InChI is InChI=1S/C17H19N3OS/c1-12-17(18-11-16-15(21-3)9-10-22-16)13(2)20(19-12)14-7-5-4-6-8-14/h4-10,18H,11H2,1-3H3. The molecule has 1 N–H and O–H groups in total. The summed E-state index contributed by atoms with van der Waals surface area (Å²) in [5, 5.41) is 10.2. The molecule has 0 atom stereocenters. The predicted octanol–water partition coefficient (Wildman–Crippen LogP) is 4.17. The number of nitrogens with one attached hydrogen (secondary N) is 1. The van der Waals surface area contributed by atoms with Crippen LogP contribution >= 0.6 is 11.3 Å². The molecule has 2 aromatic heterocycles. The summed E-state index contributed by atoms with van der Waals surface area (Å²) in [5.74, 6) is 0.934. The third-order valence-corrected chi connectivity index (χ3v) is 4.54. The Labute approximate surface area is 134 Å². The Kier molecular flexibility index (Phi) is 4.15. The van der Waals surface area contributed by atoms with E-state index in [0.717, 1.165) is 35.1 Å². The molecule has 0 fully saturated rings. The van der Waals surface area contributed by atoms with Gasteiger partial charge in [-0.15, -0.1) is 11.3 Å². The number of hydrogen-bond acceptors (Lipinski definition) is 4. The van der Waals surface area contributed by atoms with E-state index in [-0.39, 0.29) is 0 Å². The SMILES string of the molecule is COc1ccsc1CNc1c(C)nn(-c2ccccc2)c1C. The van der Waals surface area contributed by atoms with Crippen LogP contribution < -0.4 is 10.1 Å². The number of anilines is 1. The molecule has 3 aromatic rings. The fourth-order valence-electron chi connectivity index (χ4n) is 2.53. The summed E-state index contributed by atoms with van der Waals surface area (Å²) in [6.07, 6.45) is 0. The molecule has 22 heavy (non-hydrogen) atoms. The van der Waals surface area contributed by atoms with Crippen molar-refractivity contribution < 1.29 is 4.74 Å². The summed E-state index contributed by atoms with van der Waals surface area (Å²) >= 11 is 1.69. The molecule has 0 aliphatic carbocycles. The minimum atomic E-state index is 0.739. The van der Waals surface area contributed by atoms with Crippen molar-refractivity contribution in [3.05, 3.63) is 58.0 Å². The molecule has 0 bridgehead atoms. The van der Waals surface area contributed by atoms with Crippen LogP contribution in [0.2, 0.25) is 0 Å². The highest BCUT2D eigenvalue weighted by Gasteiger charge is 2.13. The predicted molar refractivity (Wildman–Crippen MR) is 91.2 cm³/mol. The molecule has 0 radical (unpaired) electrons. The average molecular weight is 313 g/mol. The van der Waals surface area contributed by atoms with Crippen LogP contribution in [-0.2, 0) is 6.54 Å². The number of benzene rings is 1. The second-order valence-electron chi connectivity index (χ2n) is 5.06. The molecule has 4 nitrogen and oxygen atoms in total. The fourth-order valence-corrected chi connectivity index (χ4v) is 3.31. The number of nitrogens with zero attached hydrogens (tertiary/aromatic N) is 2. The summed E-state index contributed by atoms with van der Waals surface area (Å²) in [5.41, 5.74) is 4.26. The zero-order valence-corrected chi connectivity index (χ0v) is 13.8. The number of hydrogen-bond donors (Lipinski definition) is 1. The van der Waals surface area contributed by atoms with Crippen LogP contribution in [0.25, 0.3) is 5.69 Å². The maximum atomic E-state index is 5.36. The zero-order chi connectivity index (χ0) is 15.5. The number of thiophene rings is 1. The van der Waals surface area contributed by atoms with Crippen molar-refractivity contribution in [2.75, 3.05) is 12.4 Å². The van der Waals surface area contributed by atoms with Crippen molar-refractivity contribution in [3.63, 3.8) is 0 Å². The van der Waals surface area contributed by atoms with Gasteiger partial charge in [0.25, 0.3) is 0 Å². The number of aryl methyl sites for hydroxylation is 1. The van der Waals surface area contributed by atoms with Gasteiger partial charge >= 0.3 is 0 Å². The van der Waals surface area contributed by atoms with E-state index >= 15 is 0 Å². The molecule has 0 saturated heterocycles. The zero-order valence-electron chi connectivity index (χ0n) is 13.0. The van der Waals surface area contributed by atoms with E-state index in [1.807, 2.05) is 41.3 Å². The summed E-state index contributed by atoms with van der Waals surface area (Å²) in [6.45, 7) is 4.85. The highest BCUT2D eigenvalue weighted by atomic mass is 32.1. The van der Waals surface area contributed by atoms with Gasteiger partial charge in [-0.1, -0.05) is 18.2 Å². The first kappa shape index (κ1) is 14.7. The monoisotopic (exact) mass is 313 g/mol. The number of para-hydroxylation sites is 1. The molecular weight excluding hydrogens is 294 g/mol. The van der Waals surface area contributed by atoms with Gasteiger partial charge in [0.15, 0.2) is 0 Å². The number of rotatable bonds is 5. The molecule has 0 aliphatic heterocycles. The Balaban J connectivity index is 1.85. The molecule has 114 valence electrons. The molecular formula is C17H19N3OS. The molecule has 0 saturated carbocycles. The fraction of sp³-hybridized carbons (Fsp3) is 0.235. The molecule has 0 amide bonds. The first-order chi connectivity index (χ1) is 10.7. The van der Waals surface area contributed by atoms with Crippen LogP contribution in [0.5, 0.6) is 5.75 Å². The summed E-state index contributed by atoms with van der Waals surface area (Å²) < 4.78 is 7.33. The first-order valence-corrected chi connectivity index (χ1v) is 8.04. The molecule has 0 unspecified atom stereocenters. The second-order valence-corrected chi connectivity index (χ2v) is 6.06. The average Bonchev–Trinajstić information content (AvgIpc) is 3.11. The van der Waals surface area contributed by atoms with Gasteiger partial charge in [-0.3, -0.25) is 0 Å². The summed E-state index contributed by atoms with van der Waals surface area (Å²) in [7, 11) is 1.70. The van der Waals surface area contributed by atoms with Crippen molar-refractivity contribution >= 4 is 17.0 Å². The van der Waals surface area contributed by atoms with Crippen LogP contribution in [0.4, 0.5) is 5.69 Å². The molecule has 2 heterocycles. The van der Waals surface area contributed by atoms with Crippen molar-refractivity contribution in [3.8, 4) is 11.4 Å². The smallest absolute Gasteiger partial charge is 0.134 e. The Hall–Kier alpha value is -2.27. The van der Waals surface area contributed by atoms with Gasteiger partial charge in [-0.05, 0) is 37.4 Å². The van der Waals surface area contributed by atoms with E-state index in [1.165, 1.54) is 4.88 Å². The topological polar surface area (TPSA) is 39.1 Å². The van der Waals surface area contributed by atoms with Gasteiger partial charge in [-0.25, -0.2) is 4.68 Å². The molecule has 5 heteroatoms. The molecule has 0 spiro atoms. The van der Waals surface area contributed by atoms with Gasteiger partial charge < -0.3 is 10.1 Å². The van der Waals surface area contributed by atoms with Crippen LogP contribution in [0.3, 0.4) is 0 Å². The van der Waals surface area contributed by atoms with Crippen LogP contribution in [0.15, 0.2) is 41.8 Å². The van der Waals surface area contributed by atoms with E-state index in [9.17, 15) is 0 Å². The van der Waals surface area contributed by atoms with Crippen molar-refractivity contribution in [1.29, 1.82) is 0 Å². The Morgan fingerprint density at radius 3 is 2.68 bits per heavy atom. The summed E-state index contributed by atoms with van der Waals surface area (Å²) in [6, 6.07) is 12.2. The Morgan fingerprint density at radius 1 is 1.18 bits per heavy atom. The van der Waals surface area contributed by atoms with Crippen molar-refractivity contribution in [1.82, 2.24) is 9.78 Å². The lowest BCUT2D eigenvalue weighted by molar-refractivity contribution is 0.413. The molecule has 1 aromatic carbocycles. The minimum absolute atomic E-state index is 0.739. The van der Waals surface area contributed by atoms with Crippen molar-refractivity contribution in [2.24, 2.45) is 0 Å². The maximum Gasteiger partial charge on any atom is 0.134 e.